The number of phenolic OH excluding ortho intramolecular Hbond substituents is 1. The average molecular weight is 398 g/mol. The van der Waals surface area contributed by atoms with Crippen molar-refractivity contribution in [2.24, 2.45) is 0 Å². The third-order valence-electron chi connectivity index (χ3n) is 6.21. The van der Waals surface area contributed by atoms with E-state index in [0.29, 0.717) is 12.1 Å². The molecule has 0 radical (unpaired) electrons. The first-order chi connectivity index (χ1) is 14.8. The van der Waals surface area contributed by atoms with Crippen molar-refractivity contribution in [3.63, 3.8) is 0 Å². The second kappa shape index (κ2) is 8.33. The predicted octanol–water partition coefficient (Wildman–Crippen LogP) is 5.68. The smallest absolute Gasteiger partial charge is 0.145 e. The molecule has 1 heterocycles. The molecule has 1 aliphatic rings. The summed E-state index contributed by atoms with van der Waals surface area (Å²) in [6, 6.07) is 27.1. The molecule has 152 valence electrons. The SMILES string of the molecule is Oc1ccccc1-c1nc2ccccc2n1[C@@H]1CCCC[C@H]1NCc1ccccc1. The fourth-order valence-corrected chi connectivity index (χ4v) is 4.74. The van der Waals surface area contributed by atoms with Crippen LogP contribution < -0.4 is 5.32 Å². The first-order valence-corrected chi connectivity index (χ1v) is 10.8. The van der Waals surface area contributed by atoms with Gasteiger partial charge in [-0.15, -0.1) is 0 Å². The highest BCUT2D eigenvalue weighted by Gasteiger charge is 2.30. The Labute approximate surface area is 177 Å². The summed E-state index contributed by atoms with van der Waals surface area (Å²) in [6.45, 7) is 0.862. The minimum absolute atomic E-state index is 0.277. The van der Waals surface area contributed by atoms with E-state index < -0.39 is 0 Å². The fraction of sp³-hybridized carbons (Fsp3) is 0.269. The van der Waals surface area contributed by atoms with Crippen LogP contribution >= 0.6 is 0 Å². The molecule has 0 aliphatic heterocycles. The first kappa shape index (κ1) is 18.9. The average Bonchev–Trinajstić information content (AvgIpc) is 3.18. The van der Waals surface area contributed by atoms with Gasteiger partial charge in [0.15, 0.2) is 0 Å². The number of hydrogen-bond acceptors (Lipinski definition) is 3. The molecule has 0 spiro atoms. The van der Waals surface area contributed by atoms with Gasteiger partial charge < -0.3 is 15.0 Å². The fourth-order valence-electron chi connectivity index (χ4n) is 4.74. The zero-order chi connectivity index (χ0) is 20.3. The zero-order valence-electron chi connectivity index (χ0n) is 17.0. The number of aromatic hydroxyl groups is 1. The van der Waals surface area contributed by atoms with Gasteiger partial charge >= 0.3 is 0 Å². The highest BCUT2D eigenvalue weighted by molar-refractivity contribution is 5.82. The number of phenols is 1. The summed E-state index contributed by atoms with van der Waals surface area (Å²) in [5.41, 5.74) is 4.21. The largest absolute Gasteiger partial charge is 0.507 e. The Morgan fingerprint density at radius 1 is 0.867 bits per heavy atom. The molecule has 0 bridgehead atoms. The van der Waals surface area contributed by atoms with E-state index in [2.05, 4.69) is 58.4 Å². The summed E-state index contributed by atoms with van der Waals surface area (Å²) in [4.78, 5) is 4.95. The molecular weight excluding hydrogens is 370 g/mol. The van der Waals surface area contributed by atoms with E-state index in [4.69, 9.17) is 4.98 Å². The lowest BCUT2D eigenvalue weighted by atomic mass is 9.89. The lowest BCUT2D eigenvalue weighted by Gasteiger charge is -2.35. The molecule has 4 aromatic rings. The lowest BCUT2D eigenvalue weighted by Crippen LogP contribution is -2.39. The van der Waals surface area contributed by atoms with Gasteiger partial charge in [-0.2, -0.15) is 0 Å². The summed E-state index contributed by atoms with van der Waals surface area (Å²) >= 11 is 0. The van der Waals surface area contributed by atoms with Crippen LogP contribution in [0.3, 0.4) is 0 Å². The lowest BCUT2D eigenvalue weighted by molar-refractivity contribution is 0.267. The standard InChI is InChI=1S/C26H27N3O/c30-25-17-9-4-12-20(25)26-28-22-14-6-8-16-24(22)29(26)23-15-7-5-13-21(23)27-18-19-10-2-1-3-11-19/h1-4,6,8-12,14,16-17,21,23,27,30H,5,7,13,15,18H2/t21-,23-/m1/s1. The minimum atomic E-state index is 0.277. The van der Waals surface area contributed by atoms with Gasteiger partial charge in [0.1, 0.15) is 11.6 Å². The normalized spacial score (nSPS) is 19.2. The van der Waals surface area contributed by atoms with Gasteiger partial charge in [0, 0.05) is 12.6 Å². The molecule has 1 fully saturated rings. The van der Waals surface area contributed by atoms with Crippen molar-refractivity contribution in [2.45, 2.75) is 44.3 Å². The van der Waals surface area contributed by atoms with E-state index in [1.54, 1.807) is 6.07 Å². The van der Waals surface area contributed by atoms with Crippen molar-refractivity contribution in [1.82, 2.24) is 14.9 Å². The monoisotopic (exact) mass is 397 g/mol. The molecule has 2 atom stereocenters. The number of imidazole rings is 1. The van der Waals surface area contributed by atoms with Crippen LogP contribution in [0.2, 0.25) is 0 Å². The molecule has 4 heteroatoms. The maximum absolute atomic E-state index is 10.6. The number of aromatic nitrogens is 2. The Balaban J connectivity index is 1.56. The highest BCUT2D eigenvalue weighted by Crippen LogP contribution is 2.38. The number of benzene rings is 3. The molecule has 0 amide bonds. The van der Waals surface area contributed by atoms with Gasteiger partial charge in [-0.25, -0.2) is 4.98 Å². The van der Waals surface area contributed by atoms with Crippen LogP contribution in [-0.4, -0.2) is 20.7 Å². The Hall–Kier alpha value is -3.11. The Morgan fingerprint density at radius 2 is 1.60 bits per heavy atom. The van der Waals surface area contributed by atoms with Crippen molar-refractivity contribution in [3.05, 3.63) is 84.4 Å². The quantitative estimate of drug-likeness (QED) is 0.455. The Bertz CT molecular complexity index is 1140. The molecule has 0 unspecified atom stereocenters. The number of hydrogen-bond donors (Lipinski definition) is 2. The molecule has 0 saturated heterocycles. The molecule has 3 aromatic carbocycles. The number of rotatable bonds is 5. The van der Waals surface area contributed by atoms with Gasteiger partial charge in [0.05, 0.1) is 22.6 Å². The number of para-hydroxylation sites is 3. The number of fused-ring (bicyclic) bond motifs is 1. The third-order valence-corrected chi connectivity index (χ3v) is 6.21. The van der Waals surface area contributed by atoms with Crippen LogP contribution in [0.15, 0.2) is 78.9 Å². The van der Waals surface area contributed by atoms with Crippen molar-refractivity contribution in [2.75, 3.05) is 0 Å². The van der Waals surface area contributed by atoms with Gasteiger partial charge in [0.25, 0.3) is 0 Å². The second-order valence-corrected chi connectivity index (χ2v) is 8.14. The predicted molar refractivity (Wildman–Crippen MR) is 121 cm³/mol. The Kier molecular flexibility index (Phi) is 5.24. The van der Waals surface area contributed by atoms with Crippen LogP contribution in [0.25, 0.3) is 22.4 Å². The molecule has 1 aliphatic carbocycles. The summed E-state index contributed by atoms with van der Waals surface area (Å²) in [5, 5.41) is 14.4. The van der Waals surface area contributed by atoms with Gasteiger partial charge in [-0.1, -0.05) is 67.4 Å². The summed E-state index contributed by atoms with van der Waals surface area (Å²) in [5.74, 6) is 1.13. The second-order valence-electron chi connectivity index (χ2n) is 8.14. The molecule has 1 aromatic heterocycles. The highest BCUT2D eigenvalue weighted by atomic mass is 16.3. The van der Waals surface area contributed by atoms with Gasteiger partial charge in [-0.05, 0) is 42.7 Å². The van der Waals surface area contributed by atoms with E-state index >= 15 is 0 Å². The maximum atomic E-state index is 10.6. The third kappa shape index (κ3) is 3.59. The molecule has 5 rings (SSSR count). The van der Waals surface area contributed by atoms with E-state index in [9.17, 15) is 5.11 Å². The van der Waals surface area contributed by atoms with Crippen LogP contribution in [0.4, 0.5) is 0 Å². The van der Waals surface area contributed by atoms with E-state index in [1.807, 2.05) is 24.3 Å². The van der Waals surface area contributed by atoms with Crippen molar-refractivity contribution in [3.8, 4) is 17.1 Å². The van der Waals surface area contributed by atoms with Crippen LogP contribution in [0.1, 0.15) is 37.3 Å². The van der Waals surface area contributed by atoms with Crippen LogP contribution in [0, 0.1) is 0 Å². The van der Waals surface area contributed by atoms with Crippen molar-refractivity contribution < 1.29 is 5.11 Å². The molecule has 4 nitrogen and oxygen atoms in total. The topological polar surface area (TPSA) is 50.1 Å². The molecule has 1 saturated carbocycles. The Morgan fingerprint density at radius 3 is 2.47 bits per heavy atom. The zero-order valence-corrected chi connectivity index (χ0v) is 17.0. The minimum Gasteiger partial charge on any atom is -0.507 e. The van der Waals surface area contributed by atoms with Gasteiger partial charge in [0.2, 0.25) is 0 Å². The van der Waals surface area contributed by atoms with E-state index in [1.165, 1.54) is 18.4 Å². The first-order valence-electron chi connectivity index (χ1n) is 10.8. The van der Waals surface area contributed by atoms with Crippen molar-refractivity contribution >= 4 is 11.0 Å². The summed E-state index contributed by atoms with van der Waals surface area (Å²) in [7, 11) is 0. The van der Waals surface area contributed by atoms with Crippen LogP contribution in [-0.2, 0) is 6.54 Å². The number of nitrogens with zero attached hydrogens (tertiary/aromatic N) is 2. The number of nitrogens with one attached hydrogen (secondary N) is 1. The van der Waals surface area contributed by atoms with Crippen molar-refractivity contribution in [1.29, 1.82) is 0 Å². The maximum Gasteiger partial charge on any atom is 0.145 e. The van der Waals surface area contributed by atoms with Gasteiger partial charge in [-0.3, -0.25) is 0 Å². The van der Waals surface area contributed by atoms with E-state index in [-0.39, 0.29) is 5.75 Å². The van der Waals surface area contributed by atoms with Crippen LogP contribution in [0.5, 0.6) is 5.75 Å². The molecule has 30 heavy (non-hydrogen) atoms. The van der Waals surface area contributed by atoms with E-state index in [0.717, 1.165) is 41.8 Å². The molecular formula is C26H27N3O. The summed E-state index contributed by atoms with van der Waals surface area (Å²) in [6.07, 6.45) is 4.69. The summed E-state index contributed by atoms with van der Waals surface area (Å²) < 4.78 is 2.37. The molecule has 2 N–H and O–H groups in total.